The lowest BCUT2D eigenvalue weighted by Gasteiger charge is -2.02. The number of ether oxygens (including phenoxy) is 1. The molecule has 0 fully saturated rings. The van der Waals surface area contributed by atoms with E-state index in [1.807, 2.05) is 29.6 Å². The number of hydrogen-bond donors (Lipinski definition) is 1. The molecule has 6 nitrogen and oxygen atoms in total. The topological polar surface area (TPSA) is 68.5 Å². The molecule has 0 saturated heterocycles. The second-order valence-corrected chi connectivity index (χ2v) is 7.65. The third kappa shape index (κ3) is 4.27. The quantitative estimate of drug-likeness (QED) is 0.417. The summed E-state index contributed by atoms with van der Waals surface area (Å²) in [7, 11) is 1.62. The molecule has 0 bridgehead atoms. The van der Waals surface area contributed by atoms with Crippen molar-refractivity contribution >= 4 is 57.4 Å². The number of nitrogens with zero attached hydrogens (tertiary/aromatic N) is 3. The van der Waals surface area contributed by atoms with Crippen LogP contribution in [0.25, 0.3) is 22.3 Å². The molecule has 9 heteroatoms. The number of nitrogens with one attached hydrogen (secondary N) is 1. The van der Waals surface area contributed by atoms with E-state index in [2.05, 4.69) is 15.4 Å². The van der Waals surface area contributed by atoms with E-state index >= 15 is 0 Å². The first-order chi connectivity index (χ1) is 14.0. The number of fused-ring (bicyclic) bond motifs is 1. The molecule has 1 amide bonds. The van der Waals surface area contributed by atoms with Crippen molar-refractivity contribution in [2.45, 2.75) is 0 Å². The number of amides is 1. The third-order valence-corrected chi connectivity index (χ3v) is 5.44. The van der Waals surface area contributed by atoms with Gasteiger partial charge in [0.05, 0.1) is 12.8 Å². The average molecular weight is 445 g/mol. The average Bonchev–Trinajstić information content (AvgIpc) is 3.27. The van der Waals surface area contributed by atoms with Gasteiger partial charge in [-0.2, -0.15) is 4.98 Å². The summed E-state index contributed by atoms with van der Waals surface area (Å²) in [5, 5.41) is 10.0. The summed E-state index contributed by atoms with van der Waals surface area (Å²) in [6, 6.07) is 12.7. The Morgan fingerprint density at radius 3 is 2.90 bits per heavy atom. The number of hydrogen-bond acceptors (Lipinski definition) is 5. The smallest absolute Gasteiger partial charge is 0.250 e. The molecule has 146 valence electrons. The van der Waals surface area contributed by atoms with Gasteiger partial charge in [0.2, 0.25) is 4.96 Å². The molecule has 2 aromatic heterocycles. The lowest BCUT2D eigenvalue weighted by molar-refractivity contribution is -0.111. The molecule has 0 aliphatic heterocycles. The van der Waals surface area contributed by atoms with Crippen LogP contribution in [0.5, 0.6) is 5.75 Å². The summed E-state index contributed by atoms with van der Waals surface area (Å²) in [5.74, 6) is 0.608. The molecule has 0 aliphatic carbocycles. The van der Waals surface area contributed by atoms with Gasteiger partial charge >= 0.3 is 0 Å². The minimum absolute atomic E-state index is 0.220. The van der Waals surface area contributed by atoms with Gasteiger partial charge in [-0.05, 0) is 35.9 Å². The number of carbonyl (C=O) groups excluding carboxylic acids is 1. The zero-order valence-electron chi connectivity index (χ0n) is 15.1. The Morgan fingerprint density at radius 1 is 1.24 bits per heavy atom. The normalized spacial score (nSPS) is 11.3. The Bertz CT molecular complexity index is 1230. The maximum Gasteiger partial charge on any atom is 0.250 e. The second-order valence-electron chi connectivity index (χ2n) is 5.97. The van der Waals surface area contributed by atoms with E-state index in [1.54, 1.807) is 35.9 Å². The molecule has 4 aromatic rings. The summed E-state index contributed by atoms with van der Waals surface area (Å²) in [5.41, 5.74) is 2.49. The molecular formula is C20H14Cl2N4O2S. The van der Waals surface area contributed by atoms with Crippen LogP contribution in [0.1, 0.15) is 5.56 Å². The van der Waals surface area contributed by atoms with E-state index in [0.717, 1.165) is 17.0 Å². The van der Waals surface area contributed by atoms with Crippen LogP contribution in [0.4, 0.5) is 5.95 Å². The zero-order valence-corrected chi connectivity index (χ0v) is 17.4. The summed E-state index contributed by atoms with van der Waals surface area (Å²) >= 11 is 13.4. The van der Waals surface area contributed by atoms with Crippen LogP contribution >= 0.6 is 34.5 Å². The zero-order chi connectivity index (χ0) is 20.4. The Hall–Kier alpha value is -2.87. The van der Waals surface area contributed by atoms with Crippen molar-refractivity contribution in [3.05, 3.63) is 69.5 Å². The molecule has 0 saturated carbocycles. The van der Waals surface area contributed by atoms with Gasteiger partial charge in [-0.15, -0.1) is 16.4 Å². The number of anilines is 1. The first kappa shape index (κ1) is 19.4. The van der Waals surface area contributed by atoms with Crippen LogP contribution in [-0.4, -0.2) is 27.6 Å². The Morgan fingerprint density at radius 2 is 2.10 bits per heavy atom. The van der Waals surface area contributed by atoms with Crippen molar-refractivity contribution in [2.75, 3.05) is 12.4 Å². The van der Waals surface area contributed by atoms with Gasteiger partial charge in [0.25, 0.3) is 11.9 Å². The largest absolute Gasteiger partial charge is 0.497 e. The number of thiazole rings is 1. The fourth-order valence-electron chi connectivity index (χ4n) is 2.67. The highest BCUT2D eigenvalue weighted by Gasteiger charge is 2.13. The third-order valence-electron chi connectivity index (χ3n) is 4.06. The van der Waals surface area contributed by atoms with Crippen molar-refractivity contribution in [3.8, 4) is 17.0 Å². The van der Waals surface area contributed by atoms with Crippen molar-refractivity contribution in [1.82, 2.24) is 14.6 Å². The molecule has 0 spiro atoms. The van der Waals surface area contributed by atoms with Crippen molar-refractivity contribution in [2.24, 2.45) is 0 Å². The van der Waals surface area contributed by atoms with Crippen LogP contribution in [0, 0.1) is 0 Å². The van der Waals surface area contributed by atoms with Crippen molar-refractivity contribution in [1.29, 1.82) is 0 Å². The predicted octanol–water partition coefficient (Wildman–Crippen LogP) is 5.43. The SMILES string of the molecule is COc1cccc(-c2csc3nc(NC(=O)/C=C/c4ccc(Cl)cc4Cl)nn23)c1. The number of methoxy groups -OCH3 is 1. The highest BCUT2D eigenvalue weighted by atomic mass is 35.5. The summed E-state index contributed by atoms with van der Waals surface area (Å²) in [6.45, 7) is 0. The van der Waals surface area contributed by atoms with Gasteiger partial charge in [-0.1, -0.05) is 41.4 Å². The number of rotatable bonds is 5. The molecule has 1 N–H and O–H groups in total. The minimum Gasteiger partial charge on any atom is -0.497 e. The molecular weight excluding hydrogens is 431 g/mol. The number of benzene rings is 2. The molecule has 0 radical (unpaired) electrons. The lowest BCUT2D eigenvalue weighted by Crippen LogP contribution is -2.09. The lowest BCUT2D eigenvalue weighted by atomic mass is 10.2. The summed E-state index contributed by atoms with van der Waals surface area (Å²) in [6.07, 6.45) is 2.97. The number of carbonyl (C=O) groups is 1. The van der Waals surface area contributed by atoms with Crippen LogP contribution in [0.15, 0.2) is 53.9 Å². The van der Waals surface area contributed by atoms with Gasteiger partial charge in [0, 0.05) is 27.1 Å². The fraction of sp³-hybridized carbons (Fsp3) is 0.0500. The molecule has 29 heavy (non-hydrogen) atoms. The first-order valence-corrected chi connectivity index (χ1v) is 10.1. The van der Waals surface area contributed by atoms with Crippen LogP contribution < -0.4 is 10.1 Å². The Kier molecular flexibility index (Phi) is 5.53. The van der Waals surface area contributed by atoms with E-state index < -0.39 is 0 Å². The highest BCUT2D eigenvalue weighted by Crippen LogP contribution is 2.28. The standard InChI is InChI=1S/C20H14Cl2N4O2S/c1-28-15-4-2-3-13(9-15)17-11-29-20-24-19(25-26(17)20)23-18(27)8-6-12-5-7-14(21)10-16(12)22/h2-11H,1H3,(H,23,25,27)/b8-6+. The van der Waals surface area contributed by atoms with Gasteiger partial charge in [0.1, 0.15) is 5.75 Å². The fourth-order valence-corrected chi connectivity index (χ4v) is 3.97. The van der Waals surface area contributed by atoms with Crippen molar-refractivity contribution < 1.29 is 9.53 Å². The van der Waals surface area contributed by atoms with Crippen LogP contribution in [0.2, 0.25) is 10.0 Å². The van der Waals surface area contributed by atoms with Crippen LogP contribution in [0.3, 0.4) is 0 Å². The van der Waals surface area contributed by atoms with E-state index in [1.165, 1.54) is 17.4 Å². The second kappa shape index (κ2) is 8.24. The molecule has 2 aromatic carbocycles. The maximum atomic E-state index is 12.2. The highest BCUT2D eigenvalue weighted by molar-refractivity contribution is 7.15. The van der Waals surface area contributed by atoms with E-state index in [-0.39, 0.29) is 11.9 Å². The molecule has 0 atom stereocenters. The van der Waals surface area contributed by atoms with Crippen LogP contribution in [-0.2, 0) is 4.79 Å². The molecule has 0 aliphatic rings. The Labute approximate surface area is 180 Å². The first-order valence-electron chi connectivity index (χ1n) is 8.46. The number of aromatic nitrogens is 3. The van der Waals surface area contributed by atoms with Crippen molar-refractivity contribution in [3.63, 3.8) is 0 Å². The predicted molar refractivity (Wildman–Crippen MR) is 117 cm³/mol. The molecule has 0 unspecified atom stereocenters. The van der Waals surface area contributed by atoms with Gasteiger partial charge in [-0.25, -0.2) is 4.52 Å². The van der Waals surface area contributed by atoms with E-state index in [0.29, 0.717) is 20.6 Å². The van der Waals surface area contributed by atoms with Gasteiger partial charge in [0.15, 0.2) is 0 Å². The number of halogens is 2. The molecule has 2 heterocycles. The van der Waals surface area contributed by atoms with E-state index in [9.17, 15) is 4.79 Å². The molecule has 4 rings (SSSR count). The van der Waals surface area contributed by atoms with E-state index in [4.69, 9.17) is 27.9 Å². The summed E-state index contributed by atoms with van der Waals surface area (Å²) in [4.78, 5) is 17.3. The Balaban J connectivity index is 1.53. The minimum atomic E-state index is -0.364. The summed E-state index contributed by atoms with van der Waals surface area (Å²) < 4.78 is 6.97. The van der Waals surface area contributed by atoms with Gasteiger partial charge in [-0.3, -0.25) is 10.1 Å². The maximum absolute atomic E-state index is 12.2. The monoisotopic (exact) mass is 444 g/mol. The van der Waals surface area contributed by atoms with Gasteiger partial charge < -0.3 is 4.74 Å².